The molecule has 0 radical (unpaired) electrons. The van der Waals surface area contributed by atoms with E-state index in [0.29, 0.717) is 12.3 Å². The first-order valence-electron chi connectivity index (χ1n) is 8.57. The van der Waals surface area contributed by atoms with Crippen molar-refractivity contribution in [3.8, 4) is 11.8 Å². The lowest BCUT2D eigenvalue weighted by atomic mass is 10.1. The molecule has 1 fully saturated rings. The fourth-order valence-corrected chi connectivity index (χ4v) is 2.89. The quantitative estimate of drug-likeness (QED) is 0.817. The molecule has 0 aliphatic carbocycles. The highest BCUT2D eigenvalue weighted by atomic mass is 19.4. The summed E-state index contributed by atoms with van der Waals surface area (Å²) in [6, 6.07) is 8.15. The van der Waals surface area contributed by atoms with Crippen LogP contribution in [-0.2, 0) is 22.3 Å². The Morgan fingerprint density at radius 2 is 2.11 bits per heavy atom. The van der Waals surface area contributed by atoms with E-state index in [2.05, 4.69) is 17.2 Å². The number of furan rings is 1. The van der Waals surface area contributed by atoms with E-state index in [1.807, 2.05) is 0 Å². The Morgan fingerprint density at radius 3 is 2.82 bits per heavy atom. The Morgan fingerprint density at radius 1 is 1.29 bits per heavy atom. The fraction of sp³-hybridized carbons (Fsp3) is 0.300. The summed E-state index contributed by atoms with van der Waals surface area (Å²) in [7, 11) is 0. The average Bonchev–Trinajstić information content (AvgIpc) is 3.29. The molecule has 1 aromatic carbocycles. The van der Waals surface area contributed by atoms with Crippen LogP contribution >= 0.6 is 0 Å². The minimum absolute atomic E-state index is 0.0159. The van der Waals surface area contributed by atoms with Crippen molar-refractivity contribution in [2.45, 2.75) is 19.1 Å². The third kappa shape index (κ3) is 4.94. The average molecular weight is 390 g/mol. The minimum atomic E-state index is -4.43. The molecule has 28 heavy (non-hydrogen) atoms. The number of amides is 2. The monoisotopic (exact) mass is 390 g/mol. The first-order valence-corrected chi connectivity index (χ1v) is 8.57. The highest BCUT2D eigenvalue weighted by Crippen LogP contribution is 2.29. The van der Waals surface area contributed by atoms with Crippen LogP contribution < -0.4 is 5.32 Å². The maximum Gasteiger partial charge on any atom is 0.416 e. The van der Waals surface area contributed by atoms with Crippen molar-refractivity contribution in [3.05, 3.63) is 59.5 Å². The van der Waals surface area contributed by atoms with Crippen LogP contribution in [-0.4, -0.2) is 29.8 Å². The molecule has 2 aromatic rings. The van der Waals surface area contributed by atoms with Gasteiger partial charge in [-0.1, -0.05) is 17.9 Å². The van der Waals surface area contributed by atoms with Crippen LogP contribution in [0.2, 0.25) is 0 Å². The predicted molar refractivity (Wildman–Crippen MR) is 93.6 cm³/mol. The molecular weight excluding hydrogens is 373 g/mol. The SMILES string of the molecule is O=C(NCC#Cc1cccc(C(F)(F)F)c1)C1CC(=O)N(Cc2ccco2)C1. The second kappa shape index (κ2) is 8.21. The zero-order valence-corrected chi connectivity index (χ0v) is 14.8. The lowest BCUT2D eigenvalue weighted by Crippen LogP contribution is -2.33. The van der Waals surface area contributed by atoms with Crippen molar-refractivity contribution >= 4 is 11.8 Å². The number of carbonyl (C=O) groups is 2. The molecule has 1 atom stereocenters. The molecule has 3 rings (SSSR count). The molecule has 5 nitrogen and oxygen atoms in total. The highest BCUT2D eigenvalue weighted by molar-refractivity contribution is 5.89. The van der Waals surface area contributed by atoms with E-state index in [0.717, 1.165) is 12.1 Å². The number of hydrogen-bond donors (Lipinski definition) is 1. The Labute approximate surface area is 159 Å². The molecule has 1 aromatic heterocycles. The van der Waals surface area contributed by atoms with Crippen molar-refractivity contribution in [1.82, 2.24) is 10.2 Å². The van der Waals surface area contributed by atoms with Crippen LogP contribution in [0.1, 0.15) is 23.3 Å². The Balaban J connectivity index is 1.50. The maximum atomic E-state index is 12.7. The summed E-state index contributed by atoms with van der Waals surface area (Å²) in [6.45, 7) is 0.579. The Bertz CT molecular complexity index is 911. The van der Waals surface area contributed by atoms with E-state index < -0.39 is 17.7 Å². The van der Waals surface area contributed by atoms with Gasteiger partial charge in [-0.15, -0.1) is 0 Å². The van der Waals surface area contributed by atoms with Gasteiger partial charge in [-0.05, 0) is 30.3 Å². The van der Waals surface area contributed by atoms with Gasteiger partial charge in [0, 0.05) is 18.5 Å². The molecule has 0 spiro atoms. The van der Waals surface area contributed by atoms with Gasteiger partial charge in [-0.25, -0.2) is 0 Å². The summed E-state index contributed by atoms with van der Waals surface area (Å²) in [5, 5.41) is 2.60. The number of hydrogen-bond acceptors (Lipinski definition) is 3. The standard InChI is InChI=1S/C20H17F3N2O3/c21-20(22,23)16-6-1-4-14(10-16)5-2-8-24-19(27)15-11-18(26)25(12-15)13-17-7-3-9-28-17/h1,3-4,6-7,9-10,15H,8,11-13H2,(H,24,27). The second-order valence-corrected chi connectivity index (χ2v) is 6.35. The van der Waals surface area contributed by atoms with Crippen molar-refractivity contribution in [3.63, 3.8) is 0 Å². The molecule has 0 saturated carbocycles. The summed E-state index contributed by atoms with van der Waals surface area (Å²) in [5.41, 5.74) is -0.561. The lowest BCUT2D eigenvalue weighted by molar-refractivity contribution is -0.137. The Hall–Kier alpha value is -3.21. The van der Waals surface area contributed by atoms with Gasteiger partial charge in [0.15, 0.2) is 0 Å². The number of nitrogens with zero attached hydrogens (tertiary/aromatic N) is 1. The van der Waals surface area contributed by atoms with Gasteiger partial charge < -0.3 is 14.6 Å². The van der Waals surface area contributed by atoms with Gasteiger partial charge >= 0.3 is 6.18 Å². The van der Waals surface area contributed by atoms with E-state index in [-0.39, 0.29) is 36.9 Å². The van der Waals surface area contributed by atoms with Gasteiger partial charge in [0.1, 0.15) is 5.76 Å². The van der Waals surface area contributed by atoms with Gasteiger partial charge in [-0.3, -0.25) is 9.59 Å². The van der Waals surface area contributed by atoms with Gasteiger partial charge in [0.25, 0.3) is 0 Å². The number of nitrogens with one attached hydrogen (secondary N) is 1. The molecular formula is C20H17F3N2O3. The molecule has 2 heterocycles. The third-order valence-corrected chi connectivity index (χ3v) is 4.29. The topological polar surface area (TPSA) is 62.6 Å². The van der Waals surface area contributed by atoms with Gasteiger partial charge in [0.05, 0.1) is 30.8 Å². The number of rotatable bonds is 4. The maximum absolute atomic E-state index is 12.7. The smallest absolute Gasteiger partial charge is 0.416 e. The fourth-order valence-electron chi connectivity index (χ4n) is 2.89. The number of alkyl halides is 3. The molecule has 0 bridgehead atoms. The molecule has 1 saturated heterocycles. The molecule has 8 heteroatoms. The number of likely N-dealkylation sites (tertiary alicyclic amines) is 1. The zero-order chi connectivity index (χ0) is 20.1. The van der Waals surface area contributed by atoms with Crippen molar-refractivity contribution in [2.24, 2.45) is 5.92 Å². The second-order valence-electron chi connectivity index (χ2n) is 6.35. The minimum Gasteiger partial charge on any atom is -0.467 e. The van der Waals surface area contributed by atoms with Crippen LogP contribution in [0.15, 0.2) is 47.1 Å². The van der Waals surface area contributed by atoms with Crippen LogP contribution in [0.3, 0.4) is 0 Å². The van der Waals surface area contributed by atoms with E-state index in [4.69, 9.17) is 4.42 Å². The number of carbonyl (C=O) groups excluding carboxylic acids is 2. The summed E-state index contributed by atoms with van der Waals surface area (Å²) < 4.78 is 43.2. The predicted octanol–water partition coefficient (Wildman–Crippen LogP) is 2.81. The van der Waals surface area contributed by atoms with E-state index in [1.165, 1.54) is 18.4 Å². The molecule has 1 aliphatic heterocycles. The number of halogens is 3. The summed E-state index contributed by atoms with van der Waals surface area (Å²) >= 11 is 0. The normalized spacial score (nSPS) is 16.6. The van der Waals surface area contributed by atoms with Crippen molar-refractivity contribution < 1.29 is 27.2 Å². The molecule has 2 amide bonds. The third-order valence-electron chi connectivity index (χ3n) is 4.29. The largest absolute Gasteiger partial charge is 0.467 e. The summed E-state index contributed by atoms with van der Waals surface area (Å²) in [6.07, 6.45) is -2.81. The van der Waals surface area contributed by atoms with E-state index >= 15 is 0 Å². The van der Waals surface area contributed by atoms with Crippen LogP contribution in [0.4, 0.5) is 13.2 Å². The van der Waals surface area contributed by atoms with Crippen LogP contribution in [0.5, 0.6) is 0 Å². The summed E-state index contributed by atoms with van der Waals surface area (Å²) in [5.74, 6) is 4.93. The molecule has 1 N–H and O–H groups in total. The lowest BCUT2D eigenvalue weighted by Gasteiger charge is -2.14. The van der Waals surface area contributed by atoms with E-state index in [1.54, 1.807) is 17.0 Å². The first kappa shape index (κ1) is 19.5. The zero-order valence-electron chi connectivity index (χ0n) is 14.8. The molecule has 1 unspecified atom stereocenters. The van der Waals surface area contributed by atoms with E-state index in [9.17, 15) is 22.8 Å². The first-order chi connectivity index (χ1) is 13.3. The highest BCUT2D eigenvalue weighted by Gasteiger charge is 2.34. The van der Waals surface area contributed by atoms with Crippen molar-refractivity contribution in [1.29, 1.82) is 0 Å². The van der Waals surface area contributed by atoms with Gasteiger partial charge in [-0.2, -0.15) is 13.2 Å². The summed E-state index contributed by atoms with van der Waals surface area (Å²) in [4.78, 5) is 25.8. The molecule has 1 aliphatic rings. The Kier molecular flexibility index (Phi) is 5.73. The molecule has 146 valence electrons. The number of benzene rings is 1. The van der Waals surface area contributed by atoms with Crippen LogP contribution in [0.25, 0.3) is 0 Å². The van der Waals surface area contributed by atoms with Gasteiger partial charge in [0.2, 0.25) is 11.8 Å². The van der Waals surface area contributed by atoms with Crippen LogP contribution in [0, 0.1) is 17.8 Å². The van der Waals surface area contributed by atoms with Crippen molar-refractivity contribution in [2.75, 3.05) is 13.1 Å².